The van der Waals surface area contributed by atoms with Crippen molar-refractivity contribution in [2.24, 2.45) is 0 Å². The van der Waals surface area contributed by atoms with Gasteiger partial charge in [0.15, 0.2) is 0 Å². The Kier molecular flexibility index (Phi) is 4.05. The summed E-state index contributed by atoms with van der Waals surface area (Å²) in [7, 11) is 0. The standard InChI is InChI=1S/C15H14F3N5/c16-15(17,18)10-23-9-13(8-21-23)20-7-12-1-3-14(4-2-12)22-6-5-19-11-22/h1-6,8-9,11,20H,7,10H2. The SMILES string of the molecule is FC(F)(F)Cn1cc(NCc2ccc(-n3ccnc3)cc2)cn1. The summed E-state index contributed by atoms with van der Waals surface area (Å²) in [6.07, 6.45) is 3.71. The number of aromatic nitrogens is 4. The fraction of sp³-hybridized carbons (Fsp3) is 0.200. The van der Waals surface area contributed by atoms with Gasteiger partial charge in [0.05, 0.1) is 18.2 Å². The summed E-state index contributed by atoms with van der Waals surface area (Å²) in [5.41, 5.74) is 2.55. The normalized spacial score (nSPS) is 11.6. The summed E-state index contributed by atoms with van der Waals surface area (Å²) in [4.78, 5) is 3.99. The number of nitrogens with one attached hydrogen (secondary N) is 1. The molecule has 0 saturated carbocycles. The lowest BCUT2D eigenvalue weighted by molar-refractivity contribution is -0.142. The van der Waals surface area contributed by atoms with E-state index in [4.69, 9.17) is 0 Å². The van der Waals surface area contributed by atoms with E-state index in [0.29, 0.717) is 12.2 Å². The first-order chi connectivity index (χ1) is 11.0. The van der Waals surface area contributed by atoms with Crippen LogP contribution in [0.3, 0.4) is 0 Å². The fourth-order valence-corrected chi connectivity index (χ4v) is 2.13. The van der Waals surface area contributed by atoms with Crippen LogP contribution in [0.25, 0.3) is 5.69 Å². The molecule has 0 aliphatic heterocycles. The Hall–Kier alpha value is -2.77. The largest absolute Gasteiger partial charge is 0.408 e. The van der Waals surface area contributed by atoms with Crippen molar-refractivity contribution in [3.8, 4) is 5.69 Å². The summed E-state index contributed by atoms with van der Waals surface area (Å²) in [5.74, 6) is 0. The molecule has 8 heteroatoms. The molecule has 120 valence electrons. The van der Waals surface area contributed by atoms with Crippen LogP contribution in [0.5, 0.6) is 0 Å². The highest BCUT2D eigenvalue weighted by atomic mass is 19.4. The highest BCUT2D eigenvalue weighted by Gasteiger charge is 2.28. The molecule has 1 aromatic carbocycles. The first-order valence-electron chi connectivity index (χ1n) is 6.90. The second-order valence-electron chi connectivity index (χ2n) is 5.03. The molecule has 2 aromatic heterocycles. The first kappa shape index (κ1) is 15.1. The number of imidazole rings is 1. The minimum Gasteiger partial charge on any atom is -0.378 e. The Morgan fingerprint density at radius 1 is 1.13 bits per heavy atom. The number of rotatable bonds is 5. The summed E-state index contributed by atoms with van der Waals surface area (Å²) in [6, 6.07) is 7.79. The van der Waals surface area contributed by atoms with Gasteiger partial charge < -0.3 is 9.88 Å². The van der Waals surface area contributed by atoms with E-state index >= 15 is 0 Å². The highest BCUT2D eigenvalue weighted by Crippen LogP contribution is 2.18. The van der Waals surface area contributed by atoms with E-state index in [1.165, 1.54) is 12.4 Å². The summed E-state index contributed by atoms with van der Waals surface area (Å²) < 4.78 is 39.6. The van der Waals surface area contributed by atoms with Crippen LogP contribution in [0.2, 0.25) is 0 Å². The zero-order valence-electron chi connectivity index (χ0n) is 12.0. The van der Waals surface area contributed by atoms with E-state index in [1.807, 2.05) is 35.0 Å². The monoisotopic (exact) mass is 321 g/mol. The van der Waals surface area contributed by atoms with Gasteiger partial charge in [-0.3, -0.25) is 4.68 Å². The summed E-state index contributed by atoms with van der Waals surface area (Å²) in [6.45, 7) is -0.587. The third-order valence-electron chi connectivity index (χ3n) is 3.21. The molecular weight excluding hydrogens is 307 g/mol. The maximum absolute atomic E-state index is 12.3. The average molecular weight is 321 g/mol. The van der Waals surface area contributed by atoms with E-state index < -0.39 is 12.7 Å². The Morgan fingerprint density at radius 2 is 1.91 bits per heavy atom. The number of hydrogen-bond donors (Lipinski definition) is 1. The van der Waals surface area contributed by atoms with Crippen molar-refractivity contribution in [2.75, 3.05) is 5.32 Å². The third-order valence-corrected chi connectivity index (χ3v) is 3.21. The smallest absolute Gasteiger partial charge is 0.378 e. The zero-order chi connectivity index (χ0) is 16.3. The van der Waals surface area contributed by atoms with Crippen molar-refractivity contribution in [3.63, 3.8) is 0 Å². The predicted molar refractivity (Wildman–Crippen MR) is 79.2 cm³/mol. The number of hydrogen-bond acceptors (Lipinski definition) is 3. The number of halogens is 3. The summed E-state index contributed by atoms with van der Waals surface area (Å²) >= 11 is 0. The highest BCUT2D eigenvalue weighted by molar-refractivity contribution is 5.41. The minimum absolute atomic E-state index is 0.502. The Labute approximate surface area is 130 Å². The molecule has 3 rings (SSSR count). The summed E-state index contributed by atoms with van der Waals surface area (Å²) in [5, 5.41) is 6.74. The van der Waals surface area contributed by atoms with Gasteiger partial charge in [0.2, 0.25) is 0 Å². The fourth-order valence-electron chi connectivity index (χ4n) is 2.13. The van der Waals surface area contributed by atoms with Crippen LogP contribution < -0.4 is 5.32 Å². The molecule has 0 bridgehead atoms. The number of anilines is 1. The lowest BCUT2D eigenvalue weighted by atomic mass is 10.2. The molecule has 0 atom stereocenters. The van der Waals surface area contributed by atoms with E-state index in [0.717, 1.165) is 15.9 Å². The van der Waals surface area contributed by atoms with Crippen LogP contribution >= 0.6 is 0 Å². The molecule has 0 saturated heterocycles. The molecule has 0 radical (unpaired) electrons. The molecule has 0 unspecified atom stereocenters. The minimum atomic E-state index is -4.27. The van der Waals surface area contributed by atoms with Crippen molar-refractivity contribution >= 4 is 5.69 Å². The number of nitrogens with zero attached hydrogens (tertiary/aromatic N) is 4. The van der Waals surface area contributed by atoms with Gasteiger partial charge in [0.25, 0.3) is 0 Å². The molecule has 0 fully saturated rings. The zero-order valence-corrected chi connectivity index (χ0v) is 12.0. The molecule has 23 heavy (non-hydrogen) atoms. The maximum Gasteiger partial charge on any atom is 0.408 e. The van der Waals surface area contributed by atoms with Crippen LogP contribution in [0.15, 0.2) is 55.4 Å². The second kappa shape index (κ2) is 6.15. The van der Waals surface area contributed by atoms with Gasteiger partial charge in [-0.15, -0.1) is 0 Å². The van der Waals surface area contributed by atoms with E-state index in [-0.39, 0.29) is 0 Å². The molecule has 0 amide bonds. The van der Waals surface area contributed by atoms with Crippen molar-refractivity contribution in [2.45, 2.75) is 19.3 Å². The van der Waals surface area contributed by atoms with Gasteiger partial charge in [-0.25, -0.2) is 4.98 Å². The van der Waals surface area contributed by atoms with Gasteiger partial charge in [0, 0.05) is 30.8 Å². The Bertz CT molecular complexity index is 744. The van der Waals surface area contributed by atoms with Crippen molar-refractivity contribution in [1.82, 2.24) is 19.3 Å². The topological polar surface area (TPSA) is 47.7 Å². The van der Waals surface area contributed by atoms with Crippen molar-refractivity contribution in [1.29, 1.82) is 0 Å². The van der Waals surface area contributed by atoms with Gasteiger partial charge in [0.1, 0.15) is 6.54 Å². The molecule has 0 aliphatic rings. The molecule has 2 heterocycles. The first-order valence-corrected chi connectivity index (χ1v) is 6.90. The molecule has 0 spiro atoms. The van der Waals surface area contributed by atoms with E-state index in [1.54, 1.807) is 12.5 Å². The van der Waals surface area contributed by atoms with Crippen molar-refractivity contribution in [3.05, 3.63) is 60.9 Å². The predicted octanol–water partition coefficient (Wildman–Crippen LogP) is 3.24. The number of benzene rings is 1. The average Bonchev–Trinajstić information content (AvgIpc) is 3.15. The van der Waals surface area contributed by atoms with E-state index in [9.17, 15) is 13.2 Å². The molecule has 5 nitrogen and oxygen atoms in total. The van der Waals surface area contributed by atoms with Gasteiger partial charge in [-0.05, 0) is 17.7 Å². The van der Waals surface area contributed by atoms with Crippen LogP contribution in [0, 0.1) is 0 Å². The maximum atomic E-state index is 12.3. The molecule has 3 aromatic rings. The number of alkyl halides is 3. The van der Waals surface area contributed by atoms with Gasteiger partial charge >= 0.3 is 6.18 Å². The lowest BCUT2D eigenvalue weighted by Gasteiger charge is -2.07. The lowest BCUT2D eigenvalue weighted by Crippen LogP contribution is -2.17. The third kappa shape index (κ3) is 4.12. The van der Waals surface area contributed by atoms with Gasteiger partial charge in [-0.1, -0.05) is 12.1 Å². The van der Waals surface area contributed by atoms with Crippen LogP contribution in [-0.2, 0) is 13.1 Å². The quantitative estimate of drug-likeness (QED) is 0.785. The second-order valence-corrected chi connectivity index (χ2v) is 5.03. The van der Waals surface area contributed by atoms with Crippen LogP contribution in [0.1, 0.15) is 5.56 Å². The van der Waals surface area contributed by atoms with Crippen molar-refractivity contribution < 1.29 is 13.2 Å². The molecule has 0 aliphatic carbocycles. The molecule has 1 N–H and O–H groups in total. The van der Waals surface area contributed by atoms with Gasteiger partial charge in [-0.2, -0.15) is 18.3 Å². The van der Waals surface area contributed by atoms with Crippen LogP contribution in [-0.4, -0.2) is 25.5 Å². The van der Waals surface area contributed by atoms with E-state index in [2.05, 4.69) is 15.4 Å². The molecular formula is C15H14F3N5. The van der Waals surface area contributed by atoms with Crippen LogP contribution in [0.4, 0.5) is 18.9 Å². The Balaban J connectivity index is 1.58. The Morgan fingerprint density at radius 3 is 2.57 bits per heavy atom.